The van der Waals surface area contributed by atoms with Crippen molar-refractivity contribution in [1.29, 1.82) is 0 Å². The van der Waals surface area contributed by atoms with E-state index in [4.69, 9.17) is 15.2 Å². The summed E-state index contributed by atoms with van der Waals surface area (Å²) in [5.41, 5.74) is 8.38. The Balaban J connectivity index is 2.33. The van der Waals surface area contributed by atoms with Crippen LogP contribution in [0.1, 0.15) is 17.2 Å². The third kappa shape index (κ3) is 3.26. The van der Waals surface area contributed by atoms with E-state index in [-0.39, 0.29) is 6.04 Å². The Labute approximate surface area is 124 Å². The maximum Gasteiger partial charge on any atom is 0.122 e. The zero-order valence-corrected chi connectivity index (χ0v) is 12.7. The standard InChI is InChI=1S/C16H19NO2S/c1-18-13-8-12(9-14(10-13)19-2)16(17)11-4-6-15(20-3)7-5-11/h4-10,16H,17H2,1-3H3. The average Bonchev–Trinajstić information content (AvgIpc) is 2.53. The van der Waals surface area contributed by atoms with Gasteiger partial charge in [-0.2, -0.15) is 0 Å². The van der Waals surface area contributed by atoms with Gasteiger partial charge in [0.25, 0.3) is 0 Å². The molecule has 3 nitrogen and oxygen atoms in total. The van der Waals surface area contributed by atoms with Crippen molar-refractivity contribution >= 4 is 11.8 Å². The molecule has 20 heavy (non-hydrogen) atoms. The van der Waals surface area contributed by atoms with Gasteiger partial charge in [-0.25, -0.2) is 0 Å². The first-order valence-corrected chi connectivity index (χ1v) is 7.53. The second-order valence-corrected chi connectivity index (χ2v) is 5.28. The lowest BCUT2D eigenvalue weighted by Gasteiger charge is -2.15. The molecule has 0 fully saturated rings. The largest absolute Gasteiger partial charge is 0.497 e. The van der Waals surface area contributed by atoms with Crippen LogP contribution in [-0.2, 0) is 0 Å². The molecule has 0 amide bonds. The molecule has 0 saturated carbocycles. The molecule has 2 aromatic rings. The van der Waals surface area contributed by atoms with Crippen molar-refractivity contribution in [2.75, 3.05) is 20.5 Å². The molecule has 2 rings (SSSR count). The molecule has 0 saturated heterocycles. The van der Waals surface area contributed by atoms with Crippen molar-refractivity contribution in [3.8, 4) is 11.5 Å². The van der Waals surface area contributed by atoms with E-state index < -0.39 is 0 Å². The number of rotatable bonds is 5. The Morgan fingerprint density at radius 1 is 0.900 bits per heavy atom. The van der Waals surface area contributed by atoms with Crippen LogP contribution >= 0.6 is 11.8 Å². The number of thioether (sulfide) groups is 1. The van der Waals surface area contributed by atoms with Gasteiger partial charge in [0.2, 0.25) is 0 Å². The first-order chi connectivity index (χ1) is 9.67. The van der Waals surface area contributed by atoms with Crippen LogP contribution in [-0.4, -0.2) is 20.5 Å². The monoisotopic (exact) mass is 289 g/mol. The average molecular weight is 289 g/mol. The van der Waals surface area contributed by atoms with E-state index in [1.807, 2.05) is 18.2 Å². The van der Waals surface area contributed by atoms with Crippen LogP contribution in [0.2, 0.25) is 0 Å². The molecule has 2 N–H and O–H groups in total. The molecular weight excluding hydrogens is 270 g/mol. The smallest absolute Gasteiger partial charge is 0.122 e. The maximum atomic E-state index is 6.34. The zero-order valence-electron chi connectivity index (χ0n) is 11.9. The highest BCUT2D eigenvalue weighted by Crippen LogP contribution is 2.29. The lowest BCUT2D eigenvalue weighted by Crippen LogP contribution is -2.12. The third-order valence-electron chi connectivity index (χ3n) is 3.21. The van der Waals surface area contributed by atoms with Crippen LogP contribution in [0.5, 0.6) is 11.5 Å². The molecule has 0 spiro atoms. The van der Waals surface area contributed by atoms with Crippen molar-refractivity contribution in [3.05, 3.63) is 53.6 Å². The first kappa shape index (κ1) is 14.8. The van der Waals surface area contributed by atoms with Crippen LogP contribution in [0.3, 0.4) is 0 Å². The quantitative estimate of drug-likeness (QED) is 0.856. The molecule has 0 aliphatic heterocycles. The fourth-order valence-electron chi connectivity index (χ4n) is 2.01. The molecule has 2 aromatic carbocycles. The van der Waals surface area contributed by atoms with Crippen molar-refractivity contribution < 1.29 is 9.47 Å². The Morgan fingerprint density at radius 2 is 1.45 bits per heavy atom. The number of benzene rings is 2. The van der Waals surface area contributed by atoms with Gasteiger partial charge >= 0.3 is 0 Å². The fraction of sp³-hybridized carbons (Fsp3) is 0.250. The second-order valence-electron chi connectivity index (χ2n) is 4.40. The molecule has 0 aliphatic rings. The first-order valence-electron chi connectivity index (χ1n) is 6.30. The Hall–Kier alpha value is -1.65. The predicted octanol–water partition coefficient (Wildman–Crippen LogP) is 3.47. The maximum absolute atomic E-state index is 6.34. The van der Waals surface area contributed by atoms with Crippen LogP contribution in [0.4, 0.5) is 0 Å². The second kappa shape index (κ2) is 6.68. The van der Waals surface area contributed by atoms with Gasteiger partial charge in [-0.1, -0.05) is 12.1 Å². The lowest BCUT2D eigenvalue weighted by molar-refractivity contribution is 0.393. The summed E-state index contributed by atoms with van der Waals surface area (Å²) in [6.45, 7) is 0. The van der Waals surface area contributed by atoms with Crippen molar-refractivity contribution in [2.24, 2.45) is 5.73 Å². The van der Waals surface area contributed by atoms with Gasteiger partial charge in [-0.05, 0) is 41.6 Å². The lowest BCUT2D eigenvalue weighted by atomic mass is 9.99. The topological polar surface area (TPSA) is 44.5 Å². The highest BCUT2D eigenvalue weighted by Gasteiger charge is 2.12. The molecule has 0 aliphatic carbocycles. The van der Waals surface area contributed by atoms with Gasteiger partial charge in [0.15, 0.2) is 0 Å². The molecule has 106 valence electrons. The summed E-state index contributed by atoms with van der Waals surface area (Å²) in [4.78, 5) is 1.23. The van der Waals surface area contributed by atoms with Crippen molar-refractivity contribution in [1.82, 2.24) is 0 Å². The molecule has 0 aromatic heterocycles. The number of ether oxygens (including phenoxy) is 2. The predicted molar refractivity (Wildman–Crippen MR) is 83.8 cm³/mol. The summed E-state index contributed by atoms with van der Waals surface area (Å²) >= 11 is 1.72. The van der Waals surface area contributed by atoms with Gasteiger partial charge < -0.3 is 15.2 Å². The van der Waals surface area contributed by atoms with Crippen molar-refractivity contribution in [2.45, 2.75) is 10.9 Å². The van der Waals surface area contributed by atoms with E-state index in [2.05, 4.69) is 30.5 Å². The van der Waals surface area contributed by atoms with Gasteiger partial charge in [0, 0.05) is 11.0 Å². The summed E-state index contributed by atoms with van der Waals surface area (Å²) in [6.07, 6.45) is 2.06. The molecule has 0 bridgehead atoms. The summed E-state index contributed by atoms with van der Waals surface area (Å²) in [5, 5.41) is 0. The van der Waals surface area contributed by atoms with E-state index in [9.17, 15) is 0 Å². The summed E-state index contributed by atoms with van der Waals surface area (Å²) in [5.74, 6) is 1.49. The van der Waals surface area contributed by atoms with E-state index in [1.165, 1.54) is 4.90 Å². The Morgan fingerprint density at radius 3 is 1.90 bits per heavy atom. The Bertz CT molecular complexity index is 547. The number of nitrogens with two attached hydrogens (primary N) is 1. The van der Waals surface area contributed by atoms with E-state index in [1.54, 1.807) is 26.0 Å². The van der Waals surface area contributed by atoms with Gasteiger partial charge in [0.1, 0.15) is 11.5 Å². The molecular formula is C16H19NO2S. The van der Waals surface area contributed by atoms with E-state index in [0.29, 0.717) is 0 Å². The third-order valence-corrected chi connectivity index (χ3v) is 3.95. The summed E-state index contributed by atoms with van der Waals surface area (Å²) in [7, 11) is 3.27. The molecule has 1 atom stereocenters. The summed E-state index contributed by atoms with van der Waals surface area (Å²) in [6, 6.07) is 13.8. The number of hydrogen-bond acceptors (Lipinski definition) is 4. The molecule has 4 heteroatoms. The molecule has 0 radical (unpaired) electrons. The minimum atomic E-state index is -0.199. The van der Waals surface area contributed by atoms with Crippen molar-refractivity contribution in [3.63, 3.8) is 0 Å². The van der Waals surface area contributed by atoms with Crippen LogP contribution in [0, 0.1) is 0 Å². The fourth-order valence-corrected chi connectivity index (χ4v) is 2.42. The Kier molecular flexibility index (Phi) is 4.93. The van der Waals surface area contributed by atoms with E-state index >= 15 is 0 Å². The van der Waals surface area contributed by atoms with Crippen LogP contribution in [0.15, 0.2) is 47.4 Å². The summed E-state index contributed by atoms with van der Waals surface area (Å²) < 4.78 is 10.6. The minimum absolute atomic E-state index is 0.199. The SMILES string of the molecule is COc1cc(OC)cc(C(N)c2ccc(SC)cc2)c1. The normalized spacial score (nSPS) is 12.0. The minimum Gasteiger partial charge on any atom is -0.497 e. The van der Waals surface area contributed by atoms with Gasteiger partial charge in [-0.3, -0.25) is 0 Å². The highest BCUT2D eigenvalue weighted by molar-refractivity contribution is 7.98. The number of methoxy groups -OCH3 is 2. The molecule has 0 heterocycles. The van der Waals surface area contributed by atoms with Gasteiger partial charge in [0.05, 0.1) is 20.3 Å². The highest BCUT2D eigenvalue weighted by atomic mass is 32.2. The van der Waals surface area contributed by atoms with E-state index in [0.717, 1.165) is 22.6 Å². The van der Waals surface area contributed by atoms with Gasteiger partial charge in [-0.15, -0.1) is 11.8 Å². The zero-order chi connectivity index (χ0) is 14.5. The molecule has 1 unspecified atom stereocenters. The van der Waals surface area contributed by atoms with Crippen LogP contribution in [0.25, 0.3) is 0 Å². The van der Waals surface area contributed by atoms with Crippen LogP contribution < -0.4 is 15.2 Å². The number of hydrogen-bond donors (Lipinski definition) is 1.